The van der Waals surface area contributed by atoms with Gasteiger partial charge in [0.1, 0.15) is 7.05 Å². The van der Waals surface area contributed by atoms with Gasteiger partial charge in [0, 0.05) is 27.6 Å². The summed E-state index contributed by atoms with van der Waals surface area (Å²) in [4.78, 5) is 4.87. The topological polar surface area (TPSA) is 29.9 Å². The fourth-order valence-electron chi connectivity index (χ4n) is 6.63. The molecule has 1 aliphatic rings. The molecule has 3 heterocycles. The van der Waals surface area contributed by atoms with Crippen LogP contribution >= 0.6 is 0 Å². The van der Waals surface area contributed by atoms with Crippen LogP contribution in [0.1, 0.15) is 57.2 Å². The zero-order valence-corrected chi connectivity index (χ0v) is 22.6. The van der Waals surface area contributed by atoms with Crippen LogP contribution in [0.2, 0.25) is 0 Å². The lowest BCUT2D eigenvalue weighted by Crippen LogP contribution is -2.35. The van der Waals surface area contributed by atoms with Crippen molar-refractivity contribution in [1.29, 1.82) is 0 Å². The van der Waals surface area contributed by atoms with Crippen LogP contribution in [0.3, 0.4) is 0 Å². The fraction of sp³-hybridized carbons (Fsp3) is 0.294. The second-order valence-electron chi connectivity index (χ2n) is 12.3. The summed E-state index contributed by atoms with van der Waals surface area (Å²) >= 11 is 0. The van der Waals surface area contributed by atoms with E-state index in [9.17, 15) is 0 Å². The van der Waals surface area contributed by atoms with E-state index in [0.29, 0.717) is 5.71 Å². The largest absolute Gasteiger partial charge is 0.437 e. The molecule has 0 N–H and O–H groups in total. The Kier molecular flexibility index (Phi) is 4.50. The van der Waals surface area contributed by atoms with Crippen molar-refractivity contribution in [2.75, 3.05) is 0 Å². The van der Waals surface area contributed by atoms with Gasteiger partial charge in [-0.25, -0.2) is 9.55 Å². The maximum absolute atomic E-state index is 6.56. The zero-order valence-electron chi connectivity index (χ0n) is 22.6. The van der Waals surface area contributed by atoms with E-state index in [-0.39, 0.29) is 10.8 Å². The third-order valence-electron chi connectivity index (χ3n) is 8.85. The molecule has 0 fully saturated rings. The van der Waals surface area contributed by atoms with Crippen LogP contribution < -0.4 is 4.57 Å². The maximum Gasteiger partial charge on any atom is 0.227 e. The first-order valence-electron chi connectivity index (χ1n) is 13.3. The summed E-state index contributed by atoms with van der Waals surface area (Å²) in [5.74, 6) is 0. The van der Waals surface area contributed by atoms with Gasteiger partial charge in [-0.05, 0) is 70.9 Å². The number of aromatic nitrogens is 2. The fourth-order valence-corrected chi connectivity index (χ4v) is 6.63. The van der Waals surface area contributed by atoms with E-state index in [0.717, 1.165) is 32.8 Å². The van der Waals surface area contributed by atoms with Gasteiger partial charge in [-0.1, -0.05) is 64.1 Å². The monoisotopic (exact) mass is 485 g/mol. The first-order chi connectivity index (χ1) is 17.6. The lowest BCUT2D eigenvalue weighted by Gasteiger charge is -2.42. The summed E-state index contributed by atoms with van der Waals surface area (Å²) in [6.07, 6.45) is 4.70. The van der Waals surface area contributed by atoms with Gasteiger partial charge < -0.3 is 4.42 Å². The minimum atomic E-state index is 0.131. The van der Waals surface area contributed by atoms with E-state index in [2.05, 4.69) is 101 Å². The van der Waals surface area contributed by atoms with Crippen LogP contribution in [0.25, 0.3) is 55.0 Å². The van der Waals surface area contributed by atoms with Gasteiger partial charge in [0.25, 0.3) is 0 Å². The Morgan fingerprint density at radius 1 is 0.811 bits per heavy atom. The highest BCUT2D eigenvalue weighted by molar-refractivity contribution is 6.11. The summed E-state index contributed by atoms with van der Waals surface area (Å²) in [5, 5.41) is 5.97. The molecule has 0 radical (unpaired) electrons. The minimum absolute atomic E-state index is 0.131. The Morgan fingerprint density at radius 2 is 1.59 bits per heavy atom. The molecule has 0 spiro atoms. The number of hydrogen-bond donors (Lipinski definition) is 0. The molecule has 1 aliphatic carbocycles. The summed E-state index contributed by atoms with van der Waals surface area (Å²) in [6, 6.07) is 22.0. The smallest absolute Gasteiger partial charge is 0.227 e. The van der Waals surface area contributed by atoms with Crippen molar-refractivity contribution in [3.8, 4) is 11.3 Å². The van der Waals surface area contributed by atoms with E-state index in [1.54, 1.807) is 0 Å². The second-order valence-corrected chi connectivity index (χ2v) is 12.3. The van der Waals surface area contributed by atoms with E-state index in [1.807, 2.05) is 12.1 Å². The molecule has 0 unspecified atom stereocenters. The van der Waals surface area contributed by atoms with E-state index in [1.165, 1.54) is 46.0 Å². The standard InChI is InChI=1S/C34H33N2O/c1-20-11-13-23-25-17-21-9-7-8-10-27(21)35-32(25)37-31(23)29(20)28-18-24-22(19-36(28)6)12-14-26-30(24)34(4,5)16-15-33(26,2)3/h7-14,17-19H,15-16H2,1-6H3/q+1. The van der Waals surface area contributed by atoms with Gasteiger partial charge in [-0.15, -0.1) is 0 Å². The molecule has 0 saturated heterocycles. The predicted molar refractivity (Wildman–Crippen MR) is 153 cm³/mol. The summed E-state index contributed by atoms with van der Waals surface area (Å²) in [5.41, 5.74) is 9.40. The van der Waals surface area contributed by atoms with Crippen molar-refractivity contribution >= 4 is 43.7 Å². The number of benzene rings is 3. The van der Waals surface area contributed by atoms with E-state index < -0.39 is 0 Å². The molecule has 3 aromatic carbocycles. The first-order valence-corrected chi connectivity index (χ1v) is 13.3. The summed E-state index contributed by atoms with van der Waals surface area (Å²) in [6.45, 7) is 11.8. The Bertz CT molecular complexity index is 1910. The quantitative estimate of drug-likeness (QED) is 0.219. The van der Waals surface area contributed by atoms with E-state index >= 15 is 0 Å². The Morgan fingerprint density at radius 3 is 2.43 bits per heavy atom. The highest BCUT2D eigenvalue weighted by Crippen LogP contribution is 2.49. The lowest BCUT2D eigenvalue weighted by atomic mass is 9.62. The molecule has 0 atom stereocenters. The molecule has 0 saturated carbocycles. The molecule has 3 heteroatoms. The molecule has 184 valence electrons. The molecule has 7 rings (SSSR count). The molecular weight excluding hydrogens is 452 g/mol. The van der Waals surface area contributed by atoms with Crippen LogP contribution in [-0.2, 0) is 17.9 Å². The minimum Gasteiger partial charge on any atom is -0.437 e. The number of hydrogen-bond acceptors (Lipinski definition) is 2. The number of nitrogens with zero attached hydrogens (tertiary/aromatic N) is 2. The first kappa shape index (κ1) is 22.5. The SMILES string of the molecule is Cc1ccc2c(oc3nc4ccccc4cc32)c1-c1cc2c3c(ccc2c[n+]1C)C(C)(C)CCC3(C)C. The number of aryl methyl sites for hydroxylation is 2. The summed E-state index contributed by atoms with van der Waals surface area (Å²) in [7, 11) is 2.15. The van der Waals surface area contributed by atoms with Gasteiger partial charge >= 0.3 is 0 Å². The number of furan rings is 1. The van der Waals surface area contributed by atoms with E-state index in [4.69, 9.17) is 9.40 Å². The molecule has 6 aromatic rings. The number of rotatable bonds is 1. The van der Waals surface area contributed by atoms with Crippen molar-refractivity contribution in [2.45, 2.75) is 58.3 Å². The molecule has 37 heavy (non-hydrogen) atoms. The van der Waals surface area contributed by atoms with Crippen LogP contribution in [0.5, 0.6) is 0 Å². The van der Waals surface area contributed by atoms with Crippen LogP contribution in [0, 0.1) is 6.92 Å². The van der Waals surface area contributed by atoms with Crippen molar-refractivity contribution in [2.24, 2.45) is 7.05 Å². The maximum atomic E-state index is 6.56. The third-order valence-corrected chi connectivity index (χ3v) is 8.85. The van der Waals surface area contributed by atoms with Crippen molar-refractivity contribution in [1.82, 2.24) is 4.98 Å². The summed E-state index contributed by atoms with van der Waals surface area (Å²) < 4.78 is 8.81. The van der Waals surface area contributed by atoms with Gasteiger partial charge in [-0.2, -0.15) is 0 Å². The highest BCUT2D eigenvalue weighted by Gasteiger charge is 2.38. The normalized spacial score (nSPS) is 16.6. The molecule has 3 nitrogen and oxygen atoms in total. The number of pyridine rings is 2. The Balaban J connectivity index is 1.57. The molecule has 3 aromatic heterocycles. The van der Waals surface area contributed by atoms with Crippen LogP contribution in [-0.4, -0.2) is 4.98 Å². The van der Waals surface area contributed by atoms with Gasteiger partial charge in [-0.3, -0.25) is 0 Å². The molecule has 0 bridgehead atoms. The predicted octanol–water partition coefficient (Wildman–Crippen LogP) is 8.44. The van der Waals surface area contributed by atoms with Crippen molar-refractivity contribution in [3.05, 3.63) is 83.6 Å². The third kappa shape index (κ3) is 3.19. The molecule has 0 amide bonds. The lowest BCUT2D eigenvalue weighted by molar-refractivity contribution is -0.659. The average Bonchev–Trinajstić information content (AvgIpc) is 3.22. The average molecular weight is 486 g/mol. The molecular formula is C34H33N2O+. The Hall–Kier alpha value is -3.72. The zero-order chi connectivity index (χ0) is 25.7. The second kappa shape index (κ2) is 7.41. The van der Waals surface area contributed by atoms with Crippen molar-refractivity contribution < 1.29 is 8.98 Å². The molecule has 0 aliphatic heterocycles. The van der Waals surface area contributed by atoms with Gasteiger partial charge in [0.15, 0.2) is 11.8 Å². The van der Waals surface area contributed by atoms with Crippen LogP contribution in [0.4, 0.5) is 0 Å². The number of para-hydroxylation sites is 1. The van der Waals surface area contributed by atoms with Gasteiger partial charge in [0.05, 0.1) is 11.1 Å². The highest BCUT2D eigenvalue weighted by atomic mass is 16.3. The Labute approximate surface area is 217 Å². The van der Waals surface area contributed by atoms with Crippen molar-refractivity contribution in [3.63, 3.8) is 0 Å². The van der Waals surface area contributed by atoms with Crippen LogP contribution in [0.15, 0.2) is 71.3 Å². The van der Waals surface area contributed by atoms with Gasteiger partial charge in [0.2, 0.25) is 11.4 Å². The number of fused-ring (bicyclic) bond motifs is 7.